The van der Waals surface area contributed by atoms with E-state index in [2.05, 4.69) is 0 Å². The van der Waals surface area contributed by atoms with Gasteiger partial charge >= 0.3 is 11.9 Å². The number of carbonyl (C=O) groups is 2. The van der Waals surface area contributed by atoms with E-state index in [1.54, 1.807) is 32.0 Å². The van der Waals surface area contributed by atoms with E-state index in [1.807, 2.05) is 30.3 Å². The summed E-state index contributed by atoms with van der Waals surface area (Å²) in [5.41, 5.74) is 0.883. The van der Waals surface area contributed by atoms with Crippen LogP contribution in [0, 0.1) is 5.92 Å². The average molecular weight is 471 g/mol. The highest BCUT2D eigenvalue weighted by Gasteiger charge is 2.29. The molecule has 174 valence electrons. The first kappa shape index (κ1) is 24.3. The van der Waals surface area contributed by atoms with Crippen LogP contribution < -0.4 is 18.9 Å². The van der Waals surface area contributed by atoms with Crippen molar-refractivity contribution in [2.45, 2.75) is 31.4 Å². The van der Waals surface area contributed by atoms with Crippen LogP contribution in [0.1, 0.15) is 26.3 Å². The normalized spacial score (nSPS) is 11.8. The van der Waals surface area contributed by atoms with Crippen LogP contribution in [0.5, 0.6) is 23.0 Å². The van der Waals surface area contributed by atoms with Crippen LogP contribution >= 0.6 is 0 Å². The van der Waals surface area contributed by atoms with Gasteiger partial charge in [-0.05, 0) is 11.6 Å². The molecule has 33 heavy (non-hydrogen) atoms. The maximum atomic E-state index is 13.5. The summed E-state index contributed by atoms with van der Waals surface area (Å²) in [4.78, 5) is 24.9. The fourth-order valence-electron chi connectivity index (χ4n) is 3.32. The third-order valence-corrected chi connectivity index (χ3v) is 6.26. The molecular weight excluding hydrogens is 444 g/mol. The lowest BCUT2D eigenvalue weighted by Crippen LogP contribution is -2.16. The molecule has 3 aromatic rings. The molecule has 0 fully saturated rings. The standard InChI is InChI=1S/C25H26O7S/c1-15(2)25(27)32-21-18-12-9-13-19(33(28)14-17-10-7-6-8-11-17)20(18)22(31-16(3)26)24(30-5)23(21)29-4/h6-13,15H,14H2,1-5H3. The molecule has 0 bridgehead atoms. The number of benzene rings is 3. The van der Waals surface area contributed by atoms with Gasteiger partial charge in [-0.3, -0.25) is 13.8 Å². The van der Waals surface area contributed by atoms with E-state index >= 15 is 0 Å². The molecule has 0 aliphatic rings. The molecule has 0 saturated carbocycles. The highest BCUT2D eigenvalue weighted by Crippen LogP contribution is 2.52. The van der Waals surface area contributed by atoms with Gasteiger partial charge in [0.05, 0.1) is 41.6 Å². The van der Waals surface area contributed by atoms with Crippen molar-refractivity contribution in [1.29, 1.82) is 0 Å². The van der Waals surface area contributed by atoms with E-state index in [0.29, 0.717) is 15.7 Å². The van der Waals surface area contributed by atoms with Gasteiger partial charge in [-0.1, -0.05) is 56.3 Å². The largest absolute Gasteiger partial charge is 0.490 e. The Labute approximate surface area is 195 Å². The third kappa shape index (κ3) is 5.17. The van der Waals surface area contributed by atoms with E-state index in [9.17, 15) is 13.8 Å². The number of fused-ring (bicyclic) bond motifs is 1. The fourth-order valence-corrected chi connectivity index (χ4v) is 4.63. The van der Waals surface area contributed by atoms with Gasteiger partial charge < -0.3 is 18.9 Å². The maximum Gasteiger partial charge on any atom is 0.313 e. The van der Waals surface area contributed by atoms with Gasteiger partial charge in [0.15, 0.2) is 11.5 Å². The average Bonchev–Trinajstić information content (AvgIpc) is 2.79. The number of carbonyl (C=O) groups excluding carboxylic acids is 2. The lowest BCUT2D eigenvalue weighted by atomic mass is 10.1. The molecule has 0 spiro atoms. The van der Waals surface area contributed by atoms with Crippen LogP contribution in [0.2, 0.25) is 0 Å². The van der Waals surface area contributed by atoms with Crippen molar-refractivity contribution >= 4 is 33.5 Å². The van der Waals surface area contributed by atoms with Crippen molar-refractivity contribution in [2.24, 2.45) is 5.92 Å². The van der Waals surface area contributed by atoms with E-state index in [4.69, 9.17) is 18.9 Å². The summed E-state index contributed by atoms with van der Waals surface area (Å²) in [5, 5.41) is 0.767. The first-order valence-electron chi connectivity index (χ1n) is 10.3. The second-order valence-electron chi connectivity index (χ2n) is 7.55. The Hall–Kier alpha value is -3.39. The van der Waals surface area contributed by atoms with Crippen LogP contribution in [0.4, 0.5) is 0 Å². The molecule has 0 amide bonds. The molecule has 7 nitrogen and oxygen atoms in total. The third-order valence-electron chi connectivity index (χ3n) is 4.83. The van der Waals surface area contributed by atoms with Crippen molar-refractivity contribution in [2.75, 3.05) is 14.2 Å². The summed E-state index contributed by atoms with van der Waals surface area (Å²) in [6, 6.07) is 14.5. The topological polar surface area (TPSA) is 88.1 Å². The molecular formula is C25H26O7S. The Morgan fingerprint density at radius 3 is 2.06 bits per heavy atom. The summed E-state index contributed by atoms with van der Waals surface area (Å²) in [7, 11) is 1.27. The van der Waals surface area contributed by atoms with Crippen LogP contribution in [0.15, 0.2) is 53.4 Å². The van der Waals surface area contributed by atoms with Crippen LogP contribution in [-0.4, -0.2) is 30.4 Å². The molecule has 3 aromatic carbocycles. The monoisotopic (exact) mass is 470 g/mol. The number of hydrogen-bond acceptors (Lipinski definition) is 7. The van der Waals surface area contributed by atoms with Gasteiger partial charge in [0.2, 0.25) is 11.5 Å². The number of methoxy groups -OCH3 is 2. The lowest BCUT2D eigenvalue weighted by Gasteiger charge is -2.21. The van der Waals surface area contributed by atoms with E-state index in [0.717, 1.165) is 5.56 Å². The van der Waals surface area contributed by atoms with Gasteiger partial charge in [0, 0.05) is 17.7 Å². The van der Waals surface area contributed by atoms with Crippen molar-refractivity contribution in [3.05, 3.63) is 54.1 Å². The van der Waals surface area contributed by atoms with Gasteiger partial charge in [0.25, 0.3) is 0 Å². The fraction of sp³-hybridized carbons (Fsp3) is 0.280. The smallest absolute Gasteiger partial charge is 0.313 e. The Morgan fingerprint density at radius 1 is 0.848 bits per heavy atom. The van der Waals surface area contributed by atoms with E-state index < -0.39 is 28.7 Å². The Morgan fingerprint density at radius 2 is 1.48 bits per heavy atom. The van der Waals surface area contributed by atoms with Gasteiger partial charge in [-0.2, -0.15) is 0 Å². The Kier molecular flexibility index (Phi) is 7.71. The molecule has 0 saturated heterocycles. The summed E-state index contributed by atoms with van der Waals surface area (Å²) in [5.74, 6) is -0.901. The highest BCUT2D eigenvalue weighted by molar-refractivity contribution is 7.84. The van der Waals surface area contributed by atoms with Gasteiger partial charge in [-0.15, -0.1) is 0 Å². The molecule has 0 aliphatic heterocycles. The predicted molar refractivity (Wildman–Crippen MR) is 125 cm³/mol. The molecule has 0 aromatic heterocycles. The van der Waals surface area contributed by atoms with Gasteiger partial charge in [-0.25, -0.2) is 0 Å². The SMILES string of the molecule is COc1c(OC)c(OC(C)=O)c2c(S(=O)Cc3ccccc3)cccc2c1OC(=O)C(C)C. The Bertz CT molecular complexity index is 1200. The second kappa shape index (κ2) is 10.5. The maximum absolute atomic E-state index is 13.5. The molecule has 1 unspecified atom stereocenters. The quantitative estimate of drug-likeness (QED) is 0.350. The van der Waals surface area contributed by atoms with Crippen molar-refractivity contribution < 1.29 is 32.7 Å². The number of ether oxygens (including phenoxy) is 4. The number of esters is 2. The predicted octanol–water partition coefficient (Wildman–Crippen LogP) is 4.65. The first-order valence-corrected chi connectivity index (χ1v) is 11.6. The summed E-state index contributed by atoms with van der Waals surface area (Å²) >= 11 is 0. The minimum absolute atomic E-state index is 0.0539. The van der Waals surface area contributed by atoms with Crippen LogP contribution in [-0.2, 0) is 26.1 Å². The summed E-state index contributed by atoms with van der Waals surface area (Å²) in [6.07, 6.45) is 0. The minimum atomic E-state index is -1.51. The molecule has 0 radical (unpaired) electrons. The zero-order valence-corrected chi connectivity index (χ0v) is 20.0. The van der Waals surface area contributed by atoms with Crippen molar-refractivity contribution in [1.82, 2.24) is 0 Å². The number of hydrogen-bond donors (Lipinski definition) is 0. The van der Waals surface area contributed by atoms with Crippen LogP contribution in [0.25, 0.3) is 10.8 Å². The molecule has 0 aliphatic carbocycles. The Balaban J connectivity index is 2.33. The molecule has 0 N–H and O–H groups in total. The molecule has 8 heteroatoms. The van der Waals surface area contributed by atoms with E-state index in [1.165, 1.54) is 21.1 Å². The van der Waals surface area contributed by atoms with Crippen molar-refractivity contribution in [3.8, 4) is 23.0 Å². The highest BCUT2D eigenvalue weighted by atomic mass is 32.2. The number of rotatable bonds is 8. The molecule has 3 rings (SSSR count). The van der Waals surface area contributed by atoms with Crippen LogP contribution in [0.3, 0.4) is 0 Å². The van der Waals surface area contributed by atoms with Crippen molar-refractivity contribution in [3.63, 3.8) is 0 Å². The lowest BCUT2D eigenvalue weighted by molar-refractivity contribution is -0.138. The first-order chi connectivity index (χ1) is 15.8. The molecule has 1 atom stereocenters. The zero-order valence-electron chi connectivity index (χ0n) is 19.2. The zero-order chi connectivity index (χ0) is 24.1. The molecule has 0 heterocycles. The van der Waals surface area contributed by atoms with Gasteiger partial charge in [0.1, 0.15) is 0 Å². The van der Waals surface area contributed by atoms with E-state index in [-0.39, 0.29) is 28.8 Å². The second-order valence-corrected chi connectivity index (χ2v) is 8.97. The minimum Gasteiger partial charge on any atom is -0.490 e. The summed E-state index contributed by atoms with van der Waals surface area (Å²) in [6.45, 7) is 4.68. The summed E-state index contributed by atoms with van der Waals surface area (Å²) < 4.78 is 35.7.